The van der Waals surface area contributed by atoms with Crippen molar-refractivity contribution in [1.29, 1.82) is 0 Å². The minimum atomic E-state index is 0.122. The molecule has 0 atom stereocenters. The van der Waals surface area contributed by atoms with Gasteiger partial charge >= 0.3 is 0 Å². The van der Waals surface area contributed by atoms with Gasteiger partial charge in [-0.2, -0.15) is 0 Å². The average molecular weight is 247 g/mol. The van der Waals surface area contributed by atoms with Crippen LogP contribution in [-0.4, -0.2) is 5.11 Å². The zero-order valence-electron chi connectivity index (χ0n) is 10.2. The van der Waals surface area contributed by atoms with E-state index in [1.54, 1.807) is 12.1 Å². The molecule has 2 rings (SSSR count). The monoisotopic (exact) mass is 246 g/mol. The minimum absolute atomic E-state index is 0.122. The highest BCUT2D eigenvalue weighted by molar-refractivity contribution is 6.32. The molecule has 2 aromatic rings. The fraction of sp³-hybridized carbons (Fsp3) is 0.200. The molecule has 0 unspecified atom stereocenters. The molecule has 0 aromatic heterocycles. The zero-order valence-corrected chi connectivity index (χ0v) is 11.0. The van der Waals surface area contributed by atoms with Crippen LogP contribution in [0.25, 0.3) is 11.1 Å². The quantitative estimate of drug-likeness (QED) is 0.777. The van der Waals surface area contributed by atoms with Gasteiger partial charge in [-0.3, -0.25) is 0 Å². The van der Waals surface area contributed by atoms with Crippen LogP contribution in [0, 0.1) is 20.8 Å². The van der Waals surface area contributed by atoms with E-state index in [-0.39, 0.29) is 5.75 Å². The topological polar surface area (TPSA) is 20.2 Å². The summed E-state index contributed by atoms with van der Waals surface area (Å²) in [6.45, 7) is 6.29. The largest absolute Gasteiger partial charge is 0.506 e. The lowest BCUT2D eigenvalue weighted by Crippen LogP contribution is -1.88. The van der Waals surface area contributed by atoms with Crippen molar-refractivity contribution in [2.45, 2.75) is 20.8 Å². The van der Waals surface area contributed by atoms with Gasteiger partial charge in [0, 0.05) is 0 Å². The van der Waals surface area contributed by atoms with Crippen molar-refractivity contribution in [3.8, 4) is 16.9 Å². The van der Waals surface area contributed by atoms with Gasteiger partial charge in [-0.05, 0) is 60.7 Å². The molecule has 0 fully saturated rings. The van der Waals surface area contributed by atoms with Crippen LogP contribution in [0.5, 0.6) is 5.75 Å². The SMILES string of the molecule is Cc1cc(C)c(-c2ccc(O)c(Cl)c2)cc1C. The van der Waals surface area contributed by atoms with Crippen molar-refractivity contribution in [2.75, 3.05) is 0 Å². The summed E-state index contributed by atoms with van der Waals surface area (Å²) in [5.41, 5.74) is 5.96. The first-order valence-corrected chi connectivity index (χ1v) is 5.93. The Bertz CT molecular complexity index is 573. The van der Waals surface area contributed by atoms with E-state index in [2.05, 4.69) is 32.9 Å². The first kappa shape index (κ1) is 12.0. The van der Waals surface area contributed by atoms with Crippen LogP contribution in [0.15, 0.2) is 30.3 Å². The fourth-order valence-electron chi connectivity index (χ4n) is 1.95. The van der Waals surface area contributed by atoms with E-state index in [9.17, 15) is 5.11 Å². The third-order valence-corrected chi connectivity index (χ3v) is 3.40. The molecule has 1 N–H and O–H groups in total. The Balaban J connectivity index is 2.60. The molecule has 0 amide bonds. The van der Waals surface area contributed by atoms with Crippen LogP contribution in [-0.2, 0) is 0 Å². The second kappa shape index (κ2) is 4.42. The number of hydrogen-bond acceptors (Lipinski definition) is 1. The summed E-state index contributed by atoms with van der Waals surface area (Å²) in [5, 5.41) is 9.82. The van der Waals surface area contributed by atoms with Crippen molar-refractivity contribution < 1.29 is 5.11 Å². The molecule has 2 aromatic carbocycles. The molecule has 0 heterocycles. The van der Waals surface area contributed by atoms with E-state index in [1.165, 1.54) is 16.7 Å². The zero-order chi connectivity index (χ0) is 12.6. The lowest BCUT2D eigenvalue weighted by molar-refractivity contribution is 0.475. The van der Waals surface area contributed by atoms with E-state index in [0.29, 0.717) is 5.02 Å². The molecule has 0 bridgehead atoms. The van der Waals surface area contributed by atoms with Crippen LogP contribution >= 0.6 is 11.6 Å². The maximum absolute atomic E-state index is 9.43. The maximum atomic E-state index is 9.43. The van der Waals surface area contributed by atoms with Crippen molar-refractivity contribution in [3.05, 3.63) is 52.0 Å². The smallest absolute Gasteiger partial charge is 0.134 e. The van der Waals surface area contributed by atoms with Gasteiger partial charge in [-0.1, -0.05) is 29.8 Å². The Labute approximate surface area is 107 Å². The molecule has 0 radical (unpaired) electrons. The van der Waals surface area contributed by atoms with E-state index in [0.717, 1.165) is 11.1 Å². The average Bonchev–Trinajstić information content (AvgIpc) is 2.27. The van der Waals surface area contributed by atoms with Gasteiger partial charge < -0.3 is 5.11 Å². The Morgan fingerprint density at radius 1 is 0.882 bits per heavy atom. The number of aryl methyl sites for hydroxylation is 3. The first-order valence-electron chi connectivity index (χ1n) is 5.56. The third-order valence-electron chi connectivity index (χ3n) is 3.10. The van der Waals surface area contributed by atoms with Crippen molar-refractivity contribution >= 4 is 11.6 Å². The summed E-state index contributed by atoms with van der Waals surface area (Å²) in [5.74, 6) is 0.122. The standard InChI is InChI=1S/C15H15ClO/c1-9-6-11(3)13(7-10(9)2)12-4-5-15(17)14(16)8-12/h4-8,17H,1-3H3. The summed E-state index contributed by atoms with van der Waals surface area (Å²) in [6.07, 6.45) is 0. The number of phenolic OH excluding ortho intramolecular Hbond substituents is 1. The van der Waals surface area contributed by atoms with Crippen LogP contribution < -0.4 is 0 Å². The molecular formula is C15H15ClO. The van der Waals surface area contributed by atoms with Crippen LogP contribution in [0.3, 0.4) is 0 Å². The highest BCUT2D eigenvalue weighted by atomic mass is 35.5. The summed E-state index contributed by atoms with van der Waals surface area (Å²) in [4.78, 5) is 0. The van der Waals surface area contributed by atoms with Crippen LogP contribution in [0.2, 0.25) is 5.02 Å². The van der Waals surface area contributed by atoms with Crippen molar-refractivity contribution in [3.63, 3.8) is 0 Å². The fourth-order valence-corrected chi connectivity index (χ4v) is 2.13. The molecule has 88 valence electrons. The van der Waals surface area contributed by atoms with Gasteiger partial charge in [0.1, 0.15) is 5.75 Å². The second-order valence-corrected chi connectivity index (χ2v) is 4.82. The van der Waals surface area contributed by atoms with E-state index in [4.69, 9.17) is 11.6 Å². The maximum Gasteiger partial charge on any atom is 0.134 e. The number of rotatable bonds is 1. The number of hydrogen-bond donors (Lipinski definition) is 1. The molecule has 0 aliphatic carbocycles. The summed E-state index contributed by atoms with van der Waals surface area (Å²) >= 11 is 5.94. The number of halogens is 1. The predicted octanol–water partition coefficient (Wildman–Crippen LogP) is 4.64. The van der Waals surface area contributed by atoms with E-state index in [1.807, 2.05) is 6.07 Å². The lowest BCUT2D eigenvalue weighted by Gasteiger charge is -2.10. The van der Waals surface area contributed by atoms with Gasteiger partial charge in [0.25, 0.3) is 0 Å². The van der Waals surface area contributed by atoms with Crippen LogP contribution in [0.1, 0.15) is 16.7 Å². The van der Waals surface area contributed by atoms with E-state index >= 15 is 0 Å². The van der Waals surface area contributed by atoms with Gasteiger partial charge in [-0.15, -0.1) is 0 Å². The van der Waals surface area contributed by atoms with Gasteiger partial charge in [-0.25, -0.2) is 0 Å². The van der Waals surface area contributed by atoms with Gasteiger partial charge in [0.15, 0.2) is 0 Å². The molecule has 0 saturated heterocycles. The second-order valence-electron chi connectivity index (χ2n) is 4.42. The molecule has 0 saturated carbocycles. The molecular weight excluding hydrogens is 232 g/mol. The van der Waals surface area contributed by atoms with Gasteiger partial charge in [0.2, 0.25) is 0 Å². The Hall–Kier alpha value is -1.47. The molecule has 1 nitrogen and oxygen atoms in total. The number of aromatic hydroxyl groups is 1. The minimum Gasteiger partial charge on any atom is -0.506 e. The van der Waals surface area contributed by atoms with Crippen molar-refractivity contribution in [2.24, 2.45) is 0 Å². The number of phenols is 1. The Morgan fingerprint density at radius 2 is 1.53 bits per heavy atom. The predicted molar refractivity (Wildman–Crippen MR) is 72.8 cm³/mol. The first-order chi connectivity index (χ1) is 7.99. The van der Waals surface area contributed by atoms with E-state index < -0.39 is 0 Å². The molecule has 0 spiro atoms. The molecule has 2 heteroatoms. The third kappa shape index (κ3) is 2.29. The van der Waals surface area contributed by atoms with Gasteiger partial charge in [0.05, 0.1) is 5.02 Å². The molecule has 17 heavy (non-hydrogen) atoms. The summed E-state index contributed by atoms with van der Waals surface area (Å²) < 4.78 is 0. The lowest BCUT2D eigenvalue weighted by atomic mass is 9.95. The summed E-state index contributed by atoms with van der Waals surface area (Å²) in [7, 11) is 0. The Kier molecular flexibility index (Phi) is 3.12. The normalized spacial score (nSPS) is 10.6. The van der Waals surface area contributed by atoms with Crippen molar-refractivity contribution in [1.82, 2.24) is 0 Å². The highest BCUT2D eigenvalue weighted by Crippen LogP contribution is 2.32. The summed E-state index contributed by atoms with van der Waals surface area (Å²) in [6, 6.07) is 9.65. The molecule has 0 aliphatic heterocycles. The molecule has 0 aliphatic rings. The number of benzene rings is 2. The van der Waals surface area contributed by atoms with Crippen LogP contribution in [0.4, 0.5) is 0 Å². The highest BCUT2D eigenvalue weighted by Gasteiger charge is 2.06. The Morgan fingerprint density at radius 3 is 2.18 bits per heavy atom.